The normalized spacial score (nSPS) is 12.2. The van der Waals surface area contributed by atoms with Gasteiger partial charge < -0.3 is 10.2 Å². The Bertz CT molecular complexity index is 1160. The summed E-state index contributed by atoms with van der Waals surface area (Å²) in [4.78, 5) is 28.7. The number of amides is 2. The number of carbonyl (C=O) groups is 2. The lowest BCUT2D eigenvalue weighted by Gasteiger charge is -2.34. The fraction of sp³-hybridized carbons (Fsp3) is 0.286. The first-order chi connectivity index (χ1) is 16.5. The molecule has 3 aromatic rings. The highest BCUT2D eigenvalue weighted by Gasteiger charge is 2.33. The first kappa shape index (κ1) is 26.7. The van der Waals surface area contributed by atoms with E-state index in [-0.39, 0.29) is 30.9 Å². The van der Waals surface area contributed by atoms with Gasteiger partial charge in [0, 0.05) is 34.1 Å². The van der Waals surface area contributed by atoms with E-state index in [9.17, 15) is 14.0 Å². The molecule has 3 aromatic carbocycles. The lowest BCUT2D eigenvalue weighted by molar-refractivity contribution is -0.141. The van der Waals surface area contributed by atoms with Gasteiger partial charge in [0.15, 0.2) is 0 Å². The largest absolute Gasteiger partial charge is 0.350 e. The number of nitrogens with zero attached hydrogens (tertiary/aromatic N) is 1. The Kier molecular flexibility index (Phi) is 8.92. The summed E-state index contributed by atoms with van der Waals surface area (Å²) in [5.41, 5.74) is 1.14. The maximum Gasteiger partial charge on any atom is 0.243 e. The minimum atomic E-state index is -0.872. The van der Waals surface area contributed by atoms with Crippen LogP contribution in [0.3, 0.4) is 0 Å². The number of halogens is 3. The van der Waals surface area contributed by atoms with Gasteiger partial charge in [0.05, 0.1) is 6.42 Å². The molecule has 0 aliphatic heterocycles. The van der Waals surface area contributed by atoms with Crippen molar-refractivity contribution >= 4 is 35.0 Å². The fourth-order valence-corrected chi connectivity index (χ4v) is 4.28. The zero-order valence-corrected chi connectivity index (χ0v) is 21.5. The van der Waals surface area contributed by atoms with Gasteiger partial charge in [-0.1, -0.05) is 77.8 Å². The molecule has 7 heteroatoms. The molecule has 0 unspecified atom stereocenters. The van der Waals surface area contributed by atoms with Gasteiger partial charge in [-0.2, -0.15) is 0 Å². The molecule has 0 aromatic heterocycles. The van der Waals surface area contributed by atoms with Crippen LogP contribution in [0.4, 0.5) is 4.39 Å². The van der Waals surface area contributed by atoms with Crippen LogP contribution < -0.4 is 5.32 Å². The number of nitrogens with one attached hydrogen (secondary N) is 1. The molecule has 0 spiro atoms. The van der Waals surface area contributed by atoms with Crippen LogP contribution in [0.2, 0.25) is 10.0 Å². The van der Waals surface area contributed by atoms with Crippen molar-refractivity contribution in [1.82, 2.24) is 10.2 Å². The van der Waals surface area contributed by atoms with Gasteiger partial charge >= 0.3 is 0 Å². The molecule has 0 saturated carbocycles. The summed E-state index contributed by atoms with van der Waals surface area (Å²) in [6.45, 7) is 5.63. The molecule has 1 N–H and O–H groups in total. The van der Waals surface area contributed by atoms with Crippen molar-refractivity contribution in [3.63, 3.8) is 0 Å². The van der Waals surface area contributed by atoms with Crippen LogP contribution in [0.1, 0.15) is 37.5 Å². The van der Waals surface area contributed by atoms with Crippen LogP contribution in [-0.2, 0) is 29.0 Å². The topological polar surface area (TPSA) is 49.4 Å². The molecule has 35 heavy (non-hydrogen) atoms. The van der Waals surface area contributed by atoms with Crippen LogP contribution in [0.25, 0.3) is 0 Å². The lowest BCUT2D eigenvalue weighted by atomic mass is 9.99. The summed E-state index contributed by atoms with van der Waals surface area (Å²) in [6, 6.07) is 19.8. The zero-order valence-electron chi connectivity index (χ0n) is 20.0. The maximum atomic E-state index is 14.4. The molecule has 0 saturated heterocycles. The number of hydrogen-bond donors (Lipinski definition) is 1. The van der Waals surface area contributed by atoms with Crippen LogP contribution >= 0.6 is 23.2 Å². The second kappa shape index (κ2) is 11.7. The van der Waals surface area contributed by atoms with Crippen LogP contribution in [0, 0.1) is 5.82 Å². The van der Waals surface area contributed by atoms with Crippen molar-refractivity contribution in [1.29, 1.82) is 0 Å². The van der Waals surface area contributed by atoms with Crippen LogP contribution in [0.5, 0.6) is 0 Å². The molecule has 0 aliphatic carbocycles. The summed E-state index contributed by atoms with van der Waals surface area (Å²) in [5.74, 6) is -1.20. The Balaban J connectivity index is 2.05. The quantitative estimate of drug-likeness (QED) is 0.387. The second-order valence-corrected chi connectivity index (χ2v) is 10.2. The molecule has 1 atom stereocenters. The third-order valence-corrected chi connectivity index (χ3v) is 6.17. The molecule has 0 radical (unpaired) electrons. The molecule has 2 amide bonds. The van der Waals surface area contributed by atoms with E-state index in [1.165, 1.54) is 11.0 Å². The van der Waals surface area contributed by atoms with Gasteiger partial charge in [0.25, 0.3) is 0 Å². The van der Waals surface area contributed by atoms with Gasteiger partial charge in [0.1, 0.15) is 11.9 Å². The lowest BCUT2D eigenvalue weighted by Crippen LogP contribution is -2.54. The third-order valence-electron chi connectivity index (χ3n) is 5.46. The molecule has 4 nitrogen and oxygen atoms in total. The number of benzene rings is 3. The van der Waals surface area contributed by atoms with Crippen molar-refractivity contribution in [3.8, 4) is 0 Å². The minimum Gasteiger partial charge on any atom is -0.350 e. The smallest absolute Gasteiger partial charge is 0.243 e. The van der Waals surface area contributed by atoms with Gasteiger partial charge in [-0.25, -0.2) is 4.39 Å². The van der Waals surface area contributed by atoms with Crippen LogP contribution in [0.15, 0.2) is 72.8 Å². The highest BCUT2D eigenvalue weighted by molar-refractivity contribution is 6.36. The third kappa shape index (κ3) is 7.55. The summed E-state index contributed by atoms with van der Waals surface area (Å²) in [7, 11) is 0. The van der Waals surface area contributed by atoms with E-state index in [0.29, 0.717) is 15.6 Å². The summed E-state index contributed by atoms with van der Waals surface area (Å²) < 4.78 is 14.4. The Morgan fingerprint density at radius 1 is 0.914 bits per heavy atom. The predicted octanol–water partition coefficient (Wildman–Crippen LogP) is 6.23. The average Bonchev–Trinajstić information content (AvgIpc) is 2.79. The van der Waals surface area contributed by atoms with Crippen molar-refractivity contribution in [2.24, 2.45) is 0 Å². The summed E-state index contributed by atoms with van der Waals surface area (Å²) >= 11 is 12.9. The molecule has 184 valence electrons. The highest BCUT2D eigenvalue weighted by Crippen LogP contribution is 2.28. The number of rotatable bonds is 8. The first-order valence-electron chi connectivity index (χ1n) is 11.4. The fourth-order valence-electron chi connectivity index (χ4n) is 3.77. The molecule has 0 aliphatic rings. The van der Waals surface area contributed by atoms with Crippen molar-refractivity contribution in [2.75, 3.05) is 0 Å². The highest BCUT2D eigenvalue weighted by atomic mass is 35.5. The van der Waals surface area contributed by atoms with Gasteiger partial charge in [-0.3, -0.25) is 9.59 Å². The summed E-state index contributed by atoms with van der Waals surface area (Å²) in [6.07, 6.45) is 0.0661. The zero-order chi connectivity index (χ0) is 25.6. The van der Waals surface area contributed by atoms with E-state index < -0.39 is 23.3 Å². The van der Waals surface area contributed by atoms with Crippen molar-refractivity contribution < 1.29 is 14.0 Å². The van der Waals surface area contributed by atoms with Gasteiger partial charge in [-0.15, -0.1) is 0 Å². The Morgan fingerprint density at radius 3 is 2.11 bits per heavy atom. The molecule has 0 fully saturated rings. The molecule has 0 heterocycles. The standard InChI is InChI=1S/C28H29Cl2FN2O2/c1-28(2,3)32-27(35)25(16-19-10-5-4-6-11-19)33(18-21-22(29)13-9-14-23(21)30)26(34)17-20-12-7-8-15-24(20)31/h4-15,25H,16-18H2,1-3H3,(H,32,35)/t25-/m1/s1. The van der Waals surface area contributed by atoms with E-state index >= 15 is 0 Å². The predicted molar refractivity (Wildman–Crippen MR) is 139 cm³/mol. The molecule has 0 bridgehead atoms. The molecular formula is C28H29Cl2FN2O2. The maximum absolute atomic E-state index is 14.4. The molecular weight excluding hydrogens is 486 g/mol. The van der Waals surface area contributed by atoms with E-state index in [2.05, 4.69) is 5.32 Å². The van der Waals surface area contributed by atoms with E-state index in [4.69, 9.17) is 23.2 Å². The Morgan fingerprint density at radius 2 is 1.51 bits per heavy atom. The summed E-state index contributed by atoms with van der Waals surface area (Å²) in [5, 5.41) is 3.76. The van der Waals surface area contributed by atoms with Gasteiger partial charge in [-0.05, 0) is 50.1 Å². The molecule has 3 rings (SSSR count). The SMILES string of the molecule is CC(C)(C)NC(=O)[C@@H](Cc1ccccc1)N(Cc1c(Cl)cccc1Cl)C(=O)Cc1ccccc1F. The number of carbonyl (C=O) groups excluding carboxylic acids is 2. The minimum absolute atomic E-state index is 0.000849. The van der Waals surface area contributed by atoms with E-state index in [1.54, 1.807) is 36.4 Å². The number of hydrogen-bond acceptors (Lipinski definition) is 2. The second-order valence-electron chi connectivity index (χ2n) is 9.43. The monoisotopic (exact) mass is 514 g/mol. The van der Waals surface area contributed by atoms with Gasteiger partial charge in [0.2, 0.25) is 11.8 Å². The van der Waals surface area contributed by atoms with E-state index in [0.717, 1.165) is 5.56 Å². The Labute approximate surface area is 216 Å². The van der Waals surface area contributed by atoms with Crippen LogP contribution in [-0.4, -0.2) is 28.3 Å². The Hall–Kier alpha value is -2.89. The van der Waals surface area contributed by atoms with Crippen molar-refractivity contribution in [3.05, 3.63) is 105 Å². The van der Waals surface area contributed by atoms with E-state index in [1.807, 2.05) is 51.1 Å². The first-order valence-corrected chi connectivity index (χ1v) is 12.1. The average molecular weight is 515 g/mol. The van der Waals surface area contributed by atoms with Crippen molar-refractivity contribution in [2.45, 2.75) is 51.7 Å².